The third-order valence-corrected chi connectivity index (χ3v) is 5.55. The van der Waals surface area contributed by atoms with Gasteiger partial charge in [0.05, 0.1) is 6.04 Å². The molecule has 3 atom stereocenters. The van der Waals surface area contributed by atoms with Crippen LogP contribution in [0.5, 0.6) is 0 Å². The zero-order chi connectivity index (χ0) is 20.5. The molecular weight excluding hydrogens is 368 g/mol. The standard InChI is InChI=1S/C22H24N4O3/c1-13(2)15-8-10-16(11-9-15)18-17-19(24-21(28)23-18)26(22(29)25-20(17)27)12-14-6-4-3-5-7-14/h3-11,13,17-19H,12H2,1-2H3,(H2,23,24,28)(H,25,27,29). The highest BCUT2D eigenvalue weighted by Crippen LogP contribution is 2.33. The van der Waals surface area contributed by atoms with E-state index in [1.807, 2.05) is 54.6 Å². The number of hydrogen-bond donors (Lipinski definition) is 3. The Labute approximate surface area is 169 Å². The molecule has 0 bridgehead atoms. The molecule has 2 aromatic rings. The highest BCUT2D eigenvalue weighted by atomic mass is 16.2. The Balaban J connectivity index is 1.66. The number of hydrogen-bond acceptors (Lipinski definition) is 3. The molecule has 2 aromatic carbocycles. The second-order valence-corrected chi connectivity index (χ2v) is 7.80. The molecular formula is C22H24N4O3. The molecule has 7 heteroatoms. The maximum atomic E-state index is 12.8. The summed E-state index contributed by atoms with van der Waals surface area (Å²) in [5.74, 6) is -0.648. The molecule has 0 aliphatic carbocycles. The second-order valence-electron chi connectivity index (χ2n) is 7.80. The number of nitrogens with zero attached hydrogens (tertiary/aromatic N) is 1. The van der Waals surface area contributed by atoms with E-state index >= 15 is 0 Å². The van der Waals surface area contributed by atoms with Crippen molar-refractivity contribution < 1.29 is 14.4 Å². The van der Waals surface area contributed by atoms with Crippen molar-refractivity contribution >= 4 is 18.0 Å². The first kappa shape index (κ1) is 19.0. The monoisotopic (exact) mass is 392 g/mol. The minimum Gasteiger partial charge on any atom is -0.330 e. The van der Waals surface area contributed by atoms with E-state index in [0.717, 1.165) is 11.1 Å². The van der Waals surface area contributed by atoms with Gasteiger partial charge in [-0.2, -0.15) is 0 Å². The molecule has 2 saturated heterocycles. The number of amides is 5. The number of imide groups is 1. The van der Waals surface area contributed by atoms with Crippen LogP contribution >= 0.6 is 0 Å². The van der Waals surface area contributed by atoms with Crippen LogP contribution in [0.1, 0.15) is 42.5 Å². The van der Waals surface area contributed by atoms with Crippen molar-refractivity contribution in [2.45, 2.75) is 38.5 Å². The van der Waals surface area contributed by atoms with Gasteiger partial charge in [0.25, 0.3) is 0 Å². The first-order valence-corrected chi connectivity index (χ1v) is 9.76. The van der Waals surface area contributed by atoms with Gasteiger partial charge in [-0.25, -0.2) is 9.59 Å². The predicted molar refractivity (Wildman–Crippen MR) is 108 cm³/mol. The lowest BCUT2D eigenvalue weighted by Gasteiger charge is -2.46. The number of urea groups is 2. The first-order valence-electron chi connectivity index (χ1n) is 9.76. The Morgan fingerprint density at radius 3 is 2.28 bits per heavy atom. The van der Waals surface area contributed by atoms with E-state index < -0.39 is 36.1 Å². The fourth-order valence-electron chi connectivity index (χ4n) is 3.96. The van der Waals surface area contributed by atoms with E-state index in [-0.39, 0.29) is 0 Å². The van der Waals surface area contributed by atoms with Crippen LogP contribution in [0.25, 0.3) is 0 Å². The van der Waals surface area contributed by atoms with Gasteiger partial charge in [0.15, 0.2) is 0 Å². The van der Waals surface area contributed by atoms with E-state index in [1.54, 1.807) is 0 Å². The number of rotatable bonds is 4. The molecule has 0 aromatic heterocycles. The lowest BCUT2D eigenvalue weighted by atomic mass is 9.85. The van der Waals surface area contributed by atoms with E-state index in [9.17, 15) is 14.4 Å². The smallest absolute Gasteiger partial charge is 0.326 e. The maximum Gasteiger partial charge on any atom is 0.326 e. The van der Waals surface area contributed by atoms with Crippen molar-refractivity contribution in [2.24, 2.45) is 5.92 Å². The van der Waals surface area contributed by atoms with Crippen molar-refractivity contribution in [1.29, 1.82) is 0 Å². The average molecular weight is 392 g/mol. The maximum absolute atomic E-state index is 12.8. The molecule has 7 nitrogen and oxygen atoms in total. The predicted octanol–water partition coefficient (Wildman–Crippen LogP) is 2.86. The summed E-state index contributed by atoms with van der Waals surface area (Å²) in [5, 5.41) is 8.08. The Morgan fingerprint density at radius 2 is 1.62 bits per heavy atom. The van der Waals surface area contributed by atoms with Crippen LogP contribution in [0.3, 0.4) is 0 Å². The van der Waals surface area contributed by atoms with Crippen LogP contribution in [0.2, 0.25) is 0 Å². The minimum atomic E-state index is -0.722. The van der Waals surface area contributed by atoms with Gasteiger partial charge in [0.2, 0.25) is 5.91 Å². The number of fused-ring (bicyclic) bond motifs is 1. The van der Waals surface area contributed by atoms with Gasteiger partial charge in [0, 0.05) is 6.54 Å². The van der Waals surface area contributed by atoms with Gasteiger partial charge in [-0.05, 0) is 22.6 Å². The van der Waals surface area contributed by atoms with Crippen LogP contribution in [-0.2, 0) is 11.3 Å². The summed E-state index contributed by atoms with van der Waals surface area (Å²) in [4.78, 5) is 39.2. The number of carbonyl (C=O) groups is 3. The van der Waals surface area contributed by atoms with Gasteiger partial charge >= 0.3 is 12.1 Å². The lowest BCUT2D eigenvalue weighted by Crippen LogP contribution is -2.71. The summed E-state index contributed by atoms with van der Waals surface area (Å²) in [6.07, 6.45) is -0.722. The number of nitrogens with one attached hydrogen (secondary N) is 3. The molecule has 3 N–H and O–H groups in total. The van der Waals surface area contributed by atoms with Crippen molar-refractivity contribution in [3.05, 3.63) is 71.3 Å². The molecule has 3 unspecified atom stereocenters. The van der Waals surface area contributed by atoms with Crippen LogP contribution in [0.4, 0.5) is 9.59 Å². The second kappa shape index (κ2) is 7.58. The molecule has 2 fully saturated rings. The third kappa shape index (κ3) is 3.68. The Kier molecular flexibility index (Phi) is 4.96. The molecule has 5 amide bonds. The number of benzene rings is 2. The Hall–Kier alpha value is -3.35. The van der Waals surface area contributed by atoms with Crippen LogP contribution in [0.15, 0.2) is 54.6 Å². The van der Waals surface area contributed by atoms with E-state index in [1.165, 1.54) is 10.5 Å². The van der Waals surface area contributed by atoms with E-state index in [4.69, 9.17) is 0 Å². The topological polar surface area (TPSA) is 90.5 Å². The van der Waals surface area contributed by atoms with E-state index in [2.05, 4.69) is 29.8 Å². The Bertz CT molecular complexity index is 927. The van der Waals surface area contributed by atoms with Crippen molar-refractivity contribution in [1.82, 2.24) is 20.9 Å². The molecule has 150 valence electrons. The summed E-state index contributed by atoms with van der Waals surface area (Å²) in [6, 6.07) is 16.0. The van der Waals surface area contributed by atoms with Crippen LogP contribution in [0, 0.1) is 5.92 Å². The normalized spacial score (nSPS) is 23.9. The van der Waals surface area contributed by atoms with Gasteiger partial charge < -0.3 is 10.6 Å². The molecule has 0 spiro atoms. The summed E-state index contributed by atoms with van der Waals surface area (Å²) in [7, 11) is 0. The molecule has 0 radical (unpaired) electrons. The largest absolute Gasteiger partial charge is 0.330 e. The third-order valence-electron chi connectivity index (χ3n) is 5.55. The van der Waals surface area contributed by atoms with Crippen molar-refractivity contribution in [3.8, 4) is 0 Å². The van der Waals surface area contributed by atoms with Crippen LogP contribution in [-0.4, -0.2) is 29.0 Å². The average Bonchev–Trinajstić information content (AvgIpc) is 2.71. The fourth-order valence-corrected chi connectivity index (χ4v) is 3.96. The van der Waals surface area contributed by atoms with Crippen LogP contribution < -0.4 is 16.0 Å². The number of carbonyl (C=O) groups excluding carboxylic acids is 3. The molecule has 2 heterocycles. The lowest BCUT2D eigenvalue weighted by molar-refractivity contribution is -0.130. The molecule has 2 aliphatic rings. The first-order chi connectivity index (χ1) is 13.9. The summed E-state index contributed by atoms with van der Waals surface area (Å²) < 4.78 is 0. The van der Waals surface area contributed by atoms with E-state index in [0.29, 0.717) is 12.5 Å². The van der Waals surface area contributed by atoms with Gasteiger partial charge in [-0.3, -0.25) is 15.0 Å². The minimum absolute atomic E-state index is 0.292. The fraction of sp³-hybridized carbons (Fsp3) is 0.318. The quantitative estimate of drug-likeness (QED) is 0.747. The van der Waals surface area contributed by atoms with Crippen molar-refractivity contribution in [3.63, 3.8) is 0 Å². The zero-order valence-corrected chi connectivity index (χ0v) is 16.4. The molecule has 29 heavy (non-hydrogen) atoms. The highest BCUT2D eigenvalue weighted by Gasteiger charge is 2.49. The summed E-state index contributed by atoms with van der Waals surface area (Å²) >= 11 is 0. The van der Waals surface area contributed by atoms with Gasteiger partial charge in [0.1, 0.15) is 12.1 Å². The molecule has 2 aliphatic heterocycles. The zero-order valence-electron chi connectivity index (χ0n) is 16.4. The summed E-state index contributed by atoms with van der Waals surface area (Å²) in [6.45, 7) is 4.51. The summed E-state index contributed by atoms with van der Waals surface area (Å²) in [5.41, 5.74) is 2.93. The molecule has 4 rings (SSSR count). The Morgan fingerprint density at radius 1 is 0.931 bits per heavy atom. The van der Waals surface area contributed by atoms with Crippen molar-refractivity contribution in [2.75, 3.05) is 0 Å². The SMILES string of the molecule is CC(C)c1ccc(C2NC(=O)NC3C2C(=O)NC(=O)N3Cc2ccccc2)cc1. The highest BCUT2D eigenvalue weighted by molar-refractivity contribution is 6.00. The van der Waals surface area contributed by atoms with Gasteiger partial charge in [-0.1, -0.05) is 68.4 Å². The van der Waals surface area contributed by atoms with Gasteiger partial charge in [-0.15, -0.1) is 0 Å². The molecule has 0 saturated carbocycles.